The van der Waals surface area contributed by atoms with Crippen LogP contribution in [-0.4, -0.2) is 72.5 Å². The highest BCUT2D eigenvalue weighted by Crippen LogP contribution is 2.30. The Bertz CT molecular complexity index is 1240. The van der Waals surface area contributed by atoms with E-state index in [1.165, 1.54) is 0 Å². The molecule has 226 valence electrons. The molecule has 1 aromatic rings. The van der Waals surface area contributed by atoms with Gasteiger partial charge in [-0.2, -0.15) is 0 Å². The van der Waals surface area contributed by atoms with Gasteiger partial charge in [0.2, 0.25) is 0 Å². The largest absolute Gasteiger partial charge is 0.462 e. The molecule has 2 aliphatic heterocycles. The van der Waals surface area contributed by atoms with Gasteiger partial charge in [-0.1, -0.05) is 30.4 Å². The number of amides is 2. The third-order valence-electron chi connectivity index (χ3n) is 7.46. The first-order chi connectivity index (χ1) is 20.2. The molecule has 0 aromatic heterocycles. The van der Waals surface area contributed by atoms with Gasteiger partial charge in [0.05, 0.1) is 0 Å². The first-order valence-corrected chi connectivity index (χ1v) is 15.0. The van der Waals surface area contributed by atoms with Gasteiger partial charge in [-0.25, -0.2) is 4.79 Å². The number of alkyl carbamates (subject to hydrolysis) is 1. The van der Waals surface area contributed by atoms with Crippen LogP contribution in [-0.2, 0) is 14.3 Å². The second-order valence-electron chi connectivity index (χ2n) is 11.9. The molecule has 1 saturated heterocycles. The monoisotopic (exact) mass is 576 g/mol. The molecule has 4 rings (SSSR count). The maximum Gasteiger partial charge on any atom is 0.407 e. The van der Waals surface area contributed by atoms with E-state index in [2.05, 4.69) is 26.5 Å². The van der Waals surface area contributed by atoms with Gasteiger partial charge < -0.3 is 29.9 Å². The standard InChI is InChI=1S/C33H44N4O5/c1-33(2,3)42-32(40)35-16-7-6-15-34-31(39)29-12-5-4-11-28(29)25-13-17-36(18-14-25)19-20-37-21-22-41-30(24-37)26-9-8-10-27(38)23-26/h4-5,8-12,21-22,24-25H,6-7,13-20,23H2,1-3H3,(H,34,39)(H,35,40). The Morgan fingerprint density at radius 2 is 1.79 bits per heavy atom. The van der Waals surface area contributed by atoms with Gasteiger partial charge in [0, 0.05) is 56.1 Å². The lowest BCUT2D eigenvalue weighted by Crippen LogP contribution is -2.38. The summed E-state index contributed by atoms with van der Waals surface area (Å²) in [5.41, 5.74) is 2.26. The summed E-state index contributed by atoms with van der Waals surface area (Å²) in [5.74, 6) is 1.12. The highest BCUT2D eigenvalue weighted by Gasteiger charge is 2.25. The molecule has 0 spiro atoms. The molecule has 1 aliphatic carbocycles. The van der Waals surface area contributed by atoms with Gasteiger partial charge in [0.25, 0.3) is 5.91 Å². The van der Waals surface area contributed by atoms with E-state index in [4.69, 9.17) is 9.47 Å². The van der Waals surface area contributed by atoms with E-state index < -0.39 is 11.7 Å². The number of hydrogen-bond donors (Lipinski definition) is 2. The number of nitrogens with one attached hydrogen (secondary N) is 2. The number of hydrogen-bond acceptors (Lipinski definition) is 7. The third-order valence-corrected chi connectivity index (χ3v) is 7.46. The van der Waals surface area contributed by atoms with Crippen LogP contribution in [0.5, 0.6) is 0 Å². The summed E-state index contributed by atoms with van der Waals surface area (Å²) < 4.78 is 10.9. The Labute approximate surface area is 249 Å². The first-order valence-electron chi connectivity index (χ1n) is 15.0. The Morgan fingerprint density at radius 1 is 1.05 bits per heavy atom. The molecule has 1 aromatic carbocycles. The van der Waals surface area contributed by atoms with Crippen LogP contribution in [0.1, 0.15) is 74.7 Å². The lowest BCUT2D eigenvalue weighted by Gasteiger charge is -2.34. The zero-order chi connectivity index (χ0) is 30.0. The lowest BCUT2D eigenvalue weighted by atomic mass is 9.86. The molecule has 3 aliphatic rings. The van der Waals surface area contributed by atoms with Crippen LogP contribution in [0.15, 0.2) is 72.5 Å². The van der Waals surface area contributed by atoms with E-state index in [0.29, 0.717) is 25.4 Å². The van der Waals surface area contributed by atoms with Crippen molar-refractivity contribution in [2.45, 2.75) is 64.4 Å². The van der Waals surface area contributed by atoms with Crippen LogP contribution in [0, 0.1) is 0 Å². The van der Waals surface area contributed by atoms with Crippen LogP contribution in [0.3, 0.4) is 0 Å². The van der Waals surface area contributed by atoms with E-state index in [1.54, 1.807) is 18.4 Å². The van der Waals surface area contributed by atoms with Gasteiger partial charge >= 0.3 is 6.09 Å². The fourth-order valence-corrected chi connectivity index (χ4v) is 5.29. The van der Waals surface area contributed by atoms with Crippen molar-refractivity contribution in [2.24, 2.45) is 0 Å². The summed E-state index contributed by atoms with van der Waals surface area (Å²) in [5, 5.41) is 5.80. The van der Waals surface area contributed by atoms with Gasteiger partial charge in [0.1, 0.15) is 17.6 Å². The number of ether oxygens (including phenoxy) is 2. The topological polar surface area (TPSA) is 100 Å². The summed E-state index contributed by atoms with van der Waals surface area (Å²) in [7, 11) is 0. The predicted molar refractivity (Wildman–Crippen MR) is 163 cm³/mol. The maximum atomic E-state index is 13.0. The second-order valence-corrected chi connectivity index (χ2v) is 11.9. The zero-order valence-corrected chi connectivity index (χ0v) is 25.1. The van der Waals surface area contributed by atoms with Crippen molar-refractivity contribution in [3.8, 4) is 0 Å². The molecule has 9 heteroatoms. The third kappa shape index (κ3) is 9.62. The van der Waals surface area contributed by atoms with Crippen LogP contribution in [0.2, 0.25) is 0 Å². The van der Waals surface area contributed by atoms with E-state index in [9.17, 15) is 14.4 Å². The highest BCUT2D eigenvalue weighted by molar-refractivity contribution is 5.96. The SMILES string of the molecule is CC(C)(C)OC(=O)NCCCCNC(=O)c1ccccc1C1CCN(CCN2C=COC(C3=CC=CC(=O)C3)=C2)CC1. The van der Waals surface area contributed by atoms with Crippen LogP contribution in [0.25, 0.3) is 0 Å². The molecule has 0 bridgehead atoms. The molecule has 2 heterocycles. The zero-order valence-electron chi connectivity index (χ0n) is 25.1. The van der Waals surface area contributed by atoms with Crippen LogP contribution in [0.4, 0.5) is 4.79 Å². The normalized spacial score (nSPS) is 17.8. The minimum Gasteiger partial charge on any atom is -0.462 e. The Morgan fingerprint density at radius 3 is 2.52 bits per heavy atom. The molecule has 0 radical (unpaired) electrons. The van der Waals surface area contributed by atoms with E-state index in [-0.39, 0.29) is 11.7 Å². The van der Waals surface area contributed by atoms with Crippen molar-refractivity contribution < 1.29 is 23.9 Å². The summed E-state index contributed by atoms with van der Waals surface area (Å²) in [6, 6.07) is 7.94. The van der Waals surface area contributed by atoms with Crippen LogP contribution < -0.4 is 10.6 Å². The summed E-state index contributed by atoms with van der Waals surface area (Å²) in [6.45, 7) is 10.3. The van der Waals surface area contributed by atoms with Crippen molar-refractivity contribution in [2.75, 3.05) is 39.3 Å². The fraction of sp³-hybridized carbons (Fsp3) is 0.485. The van der Waals surface area contributed by atoms with Gasteiger partial charge in [0.15, 0.2) is 5.78 Å². The number of piperidine rings is 1. The minimum absolute atomic E-state index is 0.0416. The highest BCUT2D eigenvalue weighted by atomic mass is 16.6. The molecule has 2 N–H and O–H groups in total. The smallest absolute Gasteiger partial charge is 0.407 e. The van der Waals surface area contributed by atoms with Crippen LogP contribution >= 0.6 is 0 Å². The predicted octanol–water partition coefficient (Wildman–Crippen LogP) is 5.00. The average molecular weight is 577 g/mol. The maximum absolute atomic E-state index is 13.0. The molecular formula is C33H44N4O5. The number of carbonyl (C=O) groups excluding carboxylic acids is 3. The quantitative estimate of drug-likeness (QED) is 0.358. The van der Waals surface area contributed by atoms with E-state index >= 15 is 0 Å². The van der Waals surface area contributed by atoms with E-state index in [0.717, 1.165) is 74.3 Å². The molecule has 1 fully saturated rings. The van der Waals surface area contributed by atoms with Crippen molar-refractivity contribution >= 4 is 17.8 Å². The number of unbranched alkanes of at least 4 members (excludes halogenated alkanes) is 1. The molecule has 0 atom stereocenters. The molecule has 0 saturated carbocycles. The van der Waals surface area contributed by atoms with Crippen molar-refractivity contribution in [1.29, 1.82) is 0 Å². The minimum atomic E-state index is -0.514. The fourth-order valence-electron chi connectivity index (χ4n) is 5.29. The van der Waals surface area contributed by atoms with Gasteiger partial charge in [-0.15, -0.1) is 0 Å². The van der Waals surface area contributed by atoms with Crippen molar-refractivity contribution in [3.05, 3.63) is 83.6 Å². The number of rotatable bonds is 11. The second kappa shape index (κ2) is 14.9. The molecule has 0 unspecified atom stereocenters. The van der Waals surface area contributed by atoms with Crippen molar-refractivity contribution in [1.82, 2.24) is 20.4 Å². The molecule has 42 heavy (non-hydrogen) atoms. The van der Waals surface area contributed by atoms with Gasteiger partial charge in [-0.3, -0.25) is 9.59 Å². The number of allylic oxidation sites excluding steroid dienone is 4. The molecule has 2 amide bonds. The molecular weight excluding hydrogens is 532 g/mol. The van der Waals surface area contributed by atoms with Crippen molar-refractivity contribution in [3.63, 3.8) is 0 Å². The first kappa shape index (κ1) is 31.1. The number of nitrogens with zero attached hydrogens (tertiary/aromatic N) is 2. The number of carbonyl (C=O) groups is 3. The summed E-state index contributed by atoms with van der Waals surface area (Å²) in [4.78, 5) is 41.1. The number of benzene rings is 1. The van der Waals surface area contributed by atoms with Gasteiger partial charge in [-0.05, 0) is 83.2 Å². The number of likely N-dealkylation sites (tertiary alicyclic amines) is 1. The molecule has 9 nitrogen and oxygen atoms in total. The Hall–Kier alpha value is -3.85. The Kier molecular flexibility index (Phi) is 11.0. The lowest BCUT2D eigenvalue weighted by molar-refractivity contribution is -0.114. The summed E-state index contributed by atoms with van der Waals surface area (Å²) >= 11 is 0. The Balaban J connectivity index is 1.18. The number of ketones is 1. The van der Waals surface area contributed by atoms with E-state index in [1.807, 2.05) is 57.4 Å². The average Bonchev–Trinajstić information content (AvgIpc) is 2.97. The summed E-state index contributed by atoms with van der Waals surface area (Å²) in [6.07, 6.45) is 14.3.